The van der Waals surface area contributed by atoms with Crippen molar-refractivity contribution in [2.45, 2.75) is 13.3 Å². The first-order chi connectivity index (χ1) is 6.06. The van der Waals surface area contributed by atoms with Crippen molar-refractivity contribution in [3.8, 4) is 0 Å². The quantitative estimate of drug-likeness (QED) is 0.852. The Morgan fingerprint density at radius 3 is 2.69 bits per heavy atom. The fourth-order valence-electron chi connectivity index (χ4n) is 1.06. The highest BCUT2D eigenvalue weighted by Gasteiger charge is 2.12. The zero-order valence-electron chi connectivity index (χ0n) is 6.97. The number of benzene rings is 1. The molecule has 1 aromatic carbocycles. The topological polar surface area (TPSA) is 37.3 Å². The van der Waals surface area contributed by atoms with Crippen LogP contribution in [0.2, 0.25) is 5.02 Å². The molecule has 4 heteroatoms. The van der Waals surface area contributed by atoms with E-state index >= 15 is 0 Å². The average Bonchev–Trinajstić information content (AvgIpc) is 2.08. The van der Waals surface area contributed by atoms with Crippen LogP contribution in [0.5, 0.6) is 0 Å². The predicted octanol–water partition coefficient (Wildman–Crippen LogP) is 3.21. The van der Waals surface area contributed by atoms with Crippen LogP contribution in [0.25, 0.3) is 0 Å². The molecule has 70 valence electrons. The van der Waals surface area contributed by atoms with E-state index in [1.165, 1.54) is 6.07 Å². The van der Waals surface area contributed by atoms with E-state index in [0.717, 1.165) is 15.6 Å². The van der Waals surface area contributed by atoms with E-state index in [9.17, 15) is 4.79 Å². The fraction of sp³-hybridized carbons (Fsp3) is 0.222. The van der Waals surface area contributed by atoms with Gasteiger partial charge in [0.2, 0.25) is 0 Å². The molecule has 0 aliphatic heterocycles. The lowest BCUT2D eigenvalue weighted by atomic mass is 10.1. The molecule has 13 heavy (non-hydrogen) atoms. The third-order valence-corrected chi connectivity index (χ3v) is 3.22. The molecular weight excluding hydrogens is 302 g/mol. The van der Waals surface area contributed by atoms with E-state index in [-0.39, 0.29) is 5.56 Å². The zero-order chi connectivity index (χ0) is 10.0. The molecule has 0 radical (unpaired) electrons. The molecule has 1 rings (SSSR count). The van der Waals surface area contributed by atoms with Crippen LogP contribution in [0.15, 0.2) is 12.1 Å². The van der Waals surface area contributed by atoms with Crippen molar-refractivity contribution in [3.63, 3.8) is 0 Å². The van der Waals surface area contributed by atoms with Gasteiger partial charge in [0.05, 0.1) is 5.56 Å². The number of aromatic carboxylic acids is 1. The molecule has 1 aromatic rings. The minimum absolute atomic E-state index is 0.282. The van der Waals surface area contributed by atoms with Gasteiger partial charge in [-0.1, -0.05) is 18.5 Å². The number of aryl methyl sites for hydroxylation is 1. The molecule has 0 fully saturated rings. The van der Waals surface area contributed by atoms with Gasteiger partial charge in [-0.2, -0.15) is 0 Å². The van der Waals surface area contributed by atoms with Crippen molar-refractivity contribution in [1.82, 2.24) is 0 Å². The number of carboxylic acids is 1. The van der Waals surface area contributed by atoms with Crippen molar-refractivity contribution < 1.29 is 9.90 Å². The molecular formula is C9H8ClIO2. The summed E-state index contributed by atoms with van der Waals surface area (Å²) in [6.07, 6.45) is 0.791. The second-order valence-electron chi connectivity index (χ2n) is 2.59. The molecule has 0 spiro atoms. The number of halogens is 2. The van der Waals surface area contributed by atoms with Gasteiger partial charge in [0.25, 0.3) is 0 Å². The van der Waals surface area contributed by atoms with Crippen LogP contribution in [0.1, 0.15) is 22.8 Å². The van der Waals surface area contributed by atoms with E-state index in [1.807, 2.05) is 29.5 Å². The molecule has 0 bridgehead atoms. The third-order valence-electron chi connectivity index (χ3n) is 1.72. The largest absolute Gasteiger partial charge is 0.478 e. The Hall–Kier alpha value is -0.290. The summed E-state index contributed by atoms with van der Waals surface area (Å²) < 4.78 is 0.775. The van der Waals surface area contributed by atoms with Crippen LogP contribution < -0.4 is 0 Å². The fourth-order valence-corrected chi connectivity index (χ4v) is 2.22. The normalized spacial score (nSPS) is 10.1. The Bertz CT molecular complexity index is 350. The summed E-state index contributed by atoms with van der Waals surface area (Å²) in [6.45, 7) is 1.97. The molecule has 0 aromatic heterocycles. The van der Waals surface area contributed by atoms with Crippen LogP contribution in [-0.2, 0) is 6.42 Å². The first-order valence-corrected chi connectivity index (χ1v) is 5.23. The Morgan fingerprint density at radius 2 is 2.23 bits per heavy atom. The smallest absolute Gasteiger partial charge is 0.336 e. The van der Waals surface area contributed by atoms with Crippen molar-refractivity contribution in [1.29, 1.82) is 0 Å². The number of carboxylic acid groups (broad SMARTS) is 1. The molecule has 0 saturated carbocycles. The van der Waals surface area contributed by atoms with Crippen molar-refractivity contribution >= 4 is 40.2 Å². The maximum atomic E-state index is 10.8. The second-order valence-corrected chi connectivity index (χ2v) is 4.10. The van der Waals surface area contributed by atoms with Gasteiger partial charge in [-0.15, -0.1) is 0 Å². The van der Waals surface area contributed by atoms with Crippen molar-refractivity contribution in [3.05, 3.63) is 31.9 Å². The van der Waals surface area contributed by atoms with Gasteiger partial charge in [0.1, 0.15) is 0 Å². The standard InChI is InChI=1S/C9H8ClIO2/c1-2-5-3-6(10)4-7(8(5)11)9(12)13/h3-4H,2H2,1H3,(H,12,13). The van der Waals surface area contributed by atoms with Gasteiger partial charge in [-0.05, 0) is 46.7 Å². The number of hydrogen-bond donors (Lipinski definition) is 1. The number of hydrogen-bond acceptors (Lipinski definition) is 1. The summed E-state index contributed by atoms with van der Waals surface area (Å²) >= 11 is 7.81. The molecule has 0 amide bonds. The van der Waals surface area contributed by atoms with Gasteiger partial charge in [0.15, 0.2) is 0 Å². The molecule has 1 N–H and O–H groups in total. The third kappa shape index (κ3) is 2.34. The highest BCUT2D eigenvalue weighted by atomic mass is 127. The predicted molar refractivity (Wildman–Crippen MR) is 60.5 cm³/mol. The Labute approximate surface area is 95.0 Å². The van der Waals surface area contributed by atoms with E-state index in [4.69, 9.17) is 16.7 Å². The summed E-state index contributed by atoms with van der Waals surface area (Å²) in [7, 11) is 0. The lowest BCUT2D eigenvalue weighted by molar-refractivity contribution is 0.0695. The number of rotatable bonds is 2. The first kappa shape index (κ1) is 10.8. The van der Waals surface area contributed by atoms with E-state index < -0.39 is 5.97 Å². The summed E-state index contributed by atoms with van der Waals surface area (Å²) in [5, 5.41) is 9.33. The lowest BCUT2D eigenvalue weighted by Gasteiger charge is -2.05. The van der Waals surface area contributed by atoms with Crippen molar-refractivity contribution in [2.75, 3.05) is 0 Å². The Morgan fingerprint density at radius 1 is 1.62 bits per heavy atom. The first-order valence-electron chi connectivity index (χ1n) is 3.77. The van der Waals surface area contributed by atoms with Crippen LogP contribution in [0.3, 0.4) is 0 Å². The van der Waals surface area contributed by atoms with E-state index in [2.05, 4.69) is 0 Å². The van der Waals surface area contributed by atoms with Gasteiger partial charge in [-0.25, -0.2) is 4.79 Å². The Balaban J connectivity index is 3.35. The molecule has 0 unspecified atom stereocenters. The summed E-state index contributed by atoms with van der Waals surface area (Å²) in [5.74, 6) is -0.929. The zero-order valence-corrected chi connectivity index (χ0v) is 9.89. The van der Waals surface area contributed by atoms with Crippen molar-refractivity contribution in [2.24, 2.45) is 0 Å². The maximum Gasteiger partial charge on any atom is 0.336 e. The van der Waals surface area contributed by atoms with Gasteiger partial charge in [0, 0.05) is 8.59 Å². The lowest BCUT2D eigenvalue weighted by Crippen LogP contribution is -2.02. The average molecular weight is 311 g/mol. The van der Waals surface area contributed by atoms with E-state index in [0.29, 0.717) is 5.02 Å². The molecule has 0 atom stereocenters. The van der Waals surface area contributed by atoms with E-state index in [1.54, 1.807) is 6.07 Å². The molecule has 2 nitrogen and oxygen atoms in total. The molecule has 0 aliphatic carbocycles. The minimum atomic E-state index is -0.929. The summed E-state index contributed by atoms with van der Waals surface area (Å²) in [6, 6.07) is 3.28. The number of carbonyl (C=O) groups is 1. The van der Waals surface area contributed by atoms with Crippen LogP contribution >= 0.6 is 34.2 Å². The monoisotopic (exact) mass is 310 g/mol. The highest BCUT2D eigenvalue weighted by molar-refractivity contribution is 14.1. The minimum Gasteiger partial charge on any atom is -0.478 e. The Kier molecular flexibility index (Phi) is 3.55. The SMILES string of the molecule is CCc1cc(Cl)cc(C(=O)O)c1I. The summed E-state index contributed by atoms with van der Waals surface area (Å²) in [4.78, 5) is 10.8. The van der Waals surface area contributed by atoms with Crippen LogP contribution in [0.4, 0.5) is 0 Å². The molecule has 0 heterocycles. The van der Waals surface area contributed by atoms with Crippen LogP contribution in [0, 0.1) is 3.57 Å². The van der Waals surface area contributed by atoms with Crippen LogP contribution in [-0.4, -0.2) is 11.1 Å². The highest BCUT2D eigenvalue weighted by Crippen LogP contribution is 2.23. The summed E-state index contributed by atoms with van der Waals surface area (Å²) in [5.41, 5.74) is 1.26. The second kappa shape index (κ2) is 4.28. The van der Waals surface area contributed by atoms with Gasteiger partial charge >= 0.3 is 5.97 Å². The molecule has 0 saturated heterocycles. The van der Waals surface area contributed by atoms with Gasteiger partial charge in [-0.3, -0.25) is 0 Å². The van der Waals surface area contributed by atoms with Gasteiger partial charge < -0.3 is 5.11 Å². The molecule has 0 aliphatic rings. The maximum absolute atomic E-state index is 10.8.